The number of benzene rings is 1. The molecule has 17 heavy (non-hydrogen) atoms. The van der Waals surface area contributed by atoms with Gasteiger partial charge in [-0.1, -0.05) is 6.07 Å². The van der Waals surface area contributed by atoms with Gasteiger partial charge in [-0.25, -0.2) is 4.79 Å². The number of hydrogen-bond donors (Lipinski definition) is 3. The van der Waals surface area contributed by atoms with Crippen molar-refractivity contribution in [3.8, 4) is 0 Å². The summed E-state index contributed by atoms with van der Waals surface area (Å²) in [5.74, 6) is -1.06. The van der Waals surface area contributed by atoms with Crippen molar-refractivity contribution in [3.05, 3.63) is 28.2 Å². The Hall–Kier alpha value is -1.40. The molecule has 0 amide bonds. The van der Waals surface area contributed by atoms with Crippen molar-refractivity contribution in [1.29, 1.82) is 0 Å². The summed E-state index contributed by atoms with van der Waals surface area (Å²) < 4.78 is 0.769. The number of hydrazone groups is 1. The zero-order valence-electron chi connectivity index (χ0n) is 9.27. The Labute approximate surface area is 107 Å². The lowest BCUT2D eigenvalue weighted by molar-refractivity contribution is -0.129. The molecule has 0 atom stereocenters. The first-order chi connectivity index (χ1) is 8.04. The number of anilines is 1. The highest BCUT2D eigenvalue weighted by Crippen LogP contribution is 2.23. The van der Waals surface area contributed by atoms with E-state index in [4.69, 9.17) is 10.2 Å². The van der Waals surface area contributed by atoms with Crippen molar-refractivity contribution in [1.82, 2.24) is 0 Å². The van der Waals surface area contributed by atoms with Crippen LogP contribution in [-0.4, -0.2) is 28.5 Å². The summed E-state index contributed by atoms with van der Waals surface area (Å²) in [6.07, 6.45) is 0.580. The number of hydrogen-bond acceptors (Lipinski definition) is 4. The number of nitrogens with one attached hydrogen (secondary N) is 1. The molecule has 0 bridgehead atoms. The SMILES string of the molecule is CC(=NNc1ccc(CCO)cc1Br)C(=O)O. The highest BCUT2D eigenvalue weighted by Gasteiger charge is 2.03. The lowest BCUT2D eigenvalue weighted by Crippen LogP contribution is -2.10. The first-order valence-electron chi connectivity index (χ1n) is 4.97. The smallest absolute Gasteiger partial charge is 0.351 e. The van der Waals surface area contributed by atoms with Gasteiger partial charge in [-0.05, 0) is 47.0 Å². The molecular formula is C11H13BrN2O3. The molecule has 0 saturated heterocycles. The van der Waals surface area contributed by atoms with Crippen molar-refractivity contribution in [3.63, 3.8) is 0 Å². The maximum atomic E-state index is 10.5. The van der Waals surface area contributed by atoms with Gasteiger partial charge in [-0.15, -0.1) is 0 Å². The van der Waals surface area contributed by atoms with Crippen LogP contribution >= 0.6 is 15.9 Å². The van der Waals surface area contributed by atoms with Gasteiger partial charge < -0.3 is 10.2 Å². The number of carboxylic acid groups (broad SMARTS) is 1. The molecule has 3 N–H and O–H groups in total. The lowest BCUT2D eigenvalue weighted by atomic mass is 10.1. The molecule has 0 aromatic heterocycles. The molecule has 5 nitrogen and oxygen atoms in total. The minimum atomic E-state index is -1.06. The van der Waals surface area contributed by atoms with Crippen LogP contribution in [0.4, 0.5) is 5.69 Å². The van der Waals surface area contributed by atoms with Gasteiger partial charge in [-0.3, -0.25) is 5.43 Å². The molecule has 0 aliphatic rings. The van der Waals surface area contributed by atoms with E-state index in [2.05, 4.69) is 26.5 Å². The second-order valence-electron chi connectivity index (χ2n) is 3.40. The van der Waals surface area contributed by atoms with E-state index in [9.17, 15) is 4.79 Å². The average molecular weight is 301 g/mol. The minimum absolute atomic E-state index is 0.0173. The number of nitrogens with zero attached hydrogens (tertiary/aromatic N) is 1. The van der Waals surface area contributed by atoms with E-state index in [0.717, 1.165) is 10.0 Å². The molecule has 0 aliphatic carbocycles. The van der Waals surface area contributed by atoms with Crippen molar-refractivity contribution >= 4 is 33.3 Å². The summed E-state index contributed by atoms with van der Waals surface area (Å²) in [6, 6.07) is 5.47. The zero-order valence-corrected chi connectivity index (χ0v) is 10.9. The topological polar surface area (TPSA) is 81.9 Å². The molecule has 1 rings (SSSR count). The molecule has 6 heteroatoms. The van der Waals surface area contributed by atoms with Gasteiger partial charge >= 0.3 is 5.97 Å². The van der Waals surface area contributed by atoms with E-state index in [1.165, 1.54) is 6.92 Å². The molecule has 1 aromatic rings. The van der Waals surface area contributed by atoms with Crippen molar-refractivity contribution < 1.29 is 15.0 Å². The first-order valence-corrected chi connectivity index (χ1v) is 5.76. The van der Waals surface area contributed by atoms with Gasteiger partial charge in [0.15, 0.2) is 0 Å². The second-order valence-corrected chi connectivity index (χ2v) is 4.26. The van der Waals surface area contributed by atoms with Crippen LogP contribution in [0.1, 0.15) is 12.5 Å². The van der Waals surface area contributed by atoms with Gasteiger partial charge in [0.2, 0.25) is 0 Å². The van der Waals surface area contributed by atoms with Crippen LogP contribution < -0.4 is 5.43 Å². The summed E-state index contributed by atoms with van der Waals surface area (Å²) in [7, 11) is 0. The number of carboxylic acids is 1. The standard InChI is InChI=1S/C11H13BrN2O3/c1-7(11(16)17)13-14-10-3-2-8(4-5-15)6-9(10)12/h2-3,6,14-15H,4-5H2,1H3,(H,16,17). The molecule has 92 valence electrons. The monoisotopic (exact) mass is 300 g/mol. The summed E-state index contributed by atoms with van der Waals surface area (Å²) in [6.45, 7) is 1.50. The van der Waals surface area contributed by atoms with Gasteiger partial charge in [0.1, 0.15) is 5.71 Å². The molecule has 0 heterocycles. The molecule has 0 radical (unpaired) electrons. The third kappa shape index (κ3) is 4.16. The summed E-state index contributed by atoms with van der Waals surface area (Å²) in [5, 5.41) is 21.2. The van der Waals surface area contributed by atoms with E-state index in [-0.39, 0.29) is 12.3 Å². The van der Waals surface area contributed by atoms with Gasteiger partial charge in [0.05, 0.1) is 5.69 Å². The number of aliphatic carboxylic acids is 1. The quantitative estimate of drug-likeness (QED) is 0.572. The molecule has 0 aliphatic heterocycles. The first kappa shape index (κ1) is 13.7. The van der Waals surface area contributed by atoms with Crippen LogP contribution in [0.2, 0.25) is 0 Å². The number of carbonyl (C=O) groups is 1. The van der Waals surface area contributed by atoms with E-state index in [0.29, 0.717) is 12.1 Å². The van der Waals surface area contributed by atoms with Gasteiger partial charge in [0.25, 0.3) is 0 Å². The summed E-state index contributed by atoms with van der Waals surface area (Å²) >= 11 is 3.34. The molecule has 1 aromatic carbocycles. The van der Waals surface area contributed by atoms with Crippen LogP contribution in [-0.2, 0) is 11.2 Å². The van der Waals surface area contributed by atoms with Crippen LogP contribution in [0.15, 0.2) is 27.8 Å². The number of aliphatic hydroxyl groups is 1. The predicted molar refractivity (Wildman–Crippen MR) is 69.3 cm³/mol. The van der Waals surface area contributed by atoms with Crippen LogP contribution in [0.5, 0.6) is 0 Å². The summed E-state index contributed by atoms with van der Waals surface area (Å²) in [4.78, 5) is 10.5. The van der Waals surface area contributed by atoms with Crippen molar-refractivity contribution in [2.45, 2.75) is 13.3 Å². The molecular weight excluding hydrogens is 288 g/mol. The maximum absolute atomic E-state index is 10.5. The lowest BCUT2D eigenvalue weighted by Gasteiger charge is -2.06. The van der Waals surface area contributed by atoms with Crippen LogP contribution in [0.25, 0.3) is 0 Å². The average Bonchev–Trinajstić information content (AvgIpc) is 2.27. The predicted octanol–water partition coefficient (Wildman–Crippen LogP) is 1.86. The van der Waals surface area contributed by atoms with Gasteiger partial charge in [-0.2, -0.15) is 5.10 Å². The Balaban J connectivity index is 2.79. The number of halogens is 1. The minimum Gasteiger partial charge on any atom is -0.477 e. The number of aliphatic hydroxyl groups excluding tert-OH is 1. The van der Waals surface area contributed by atoms with Crippen molar-refractivity contribution in [2.75, 3.05) is 12.0 Å². The highest BCUT2D eigenvalue weighted by molar-refractivity contribution is 9.10. The largest absolute Gasteiger partial charge is 0.477 e. The second kappa shape index (κ2) is 6.36. The zero-order chi connectivity index (χ0) is 12.8. The molecule has 0 spiro atoms. The Morgan fingerprint density at radius 3 is 2.76 bits per heavy atom. The third-order valence-corrected chi connectivity index (χ3v) is 2.74. The maximum Gasteiger partial charge on any atom is 0.351 e. The Bertz CT molecular complexity index is 446. The van der Waals surface area contributed by atoms with E-state index < -0.39 is 5.97 Å². The van der Waals surface area contributed by atoms with E-state index in [1.807, 2.05) is 12.1 Å². The number of rotatable bonds is 5. The Kier molecular flexibility index (Phi) is 5.11. The van der Waals surface area contributed by atoms with Crippen molar-refractivity contribution in [2.24, 2.45) is 5.10 Å². The Morgan fingerprint density at radius 1 is 1.53 bits per heavy atom. The molecule has 0 saturated carbocycles. The fourth-order valence-electron chi connectivity index (χ4n) is 1.13. The van der Waals surface area contributed by atoms with Crippen LogP contribution in [0, 0.1) is 0 Å². The third-order valence-electron chi connectivity index (χ3n) is 2.09. The fraction of sp³-hybridized carbons (Fsp3) is 0.273. The van der Waals surface area contributed by atoms with E-state index in [1.54, 1.807) is 6.07 Å². The molecule has 0 fully saturated rings. The van der Waals surface area contributed by atoms with Crippen LogP contribution in [0.3, 0.4) is 0 Å². The summed E-state index contributed by atoms with van der Waals surface area (Å²) in [5.41, 5.74) is 4.31. The fourth-order valence-corrected chi connectivity index (χ4v) is 1.64. The van der Waals surface area contributed by atoms with E-state index >= 15 is 0 Å². The molecule has 0 unspecified atom stereocenters. The Morgan fingerprint density at radius 2 is 2.24 bits per heavy atom. The normalized spacial score (nSPS) is 11.4. The van der Waals surface area contributed by atoms with Gasteiger partial charge in [0, 0.05) is 11.1 Å². The highest BCUT2D eigenvalue weighted by atomic mass is 79.9.